The van der Waals surface area contributed by atoms with Gasteiger partial charge in [0.05, 0.1) is 17.7 Å². The van der Waals surface area contributed by atoms with Crippen LogP contribution in [-0.4, -0.2) is 42.4 Å². The van der Waals surface area contributed by atoms with E-state index in [4.69, 9.17) is 9.47 Å². The number of nitrogens with zero attached hydrogens (tertiary/aromatic N) is 2. The van der Waals surface area contributed by atoms with Crippen molar-refractivity contribution in [2.45, 2.75) is 0 Å². The minimum atomic E-state index is -0.970. The first-order valence-corrected chi connectivity index (χ1v) is 11.1. The van der Waals surface area contributed by atoms with E-state index >= 15 is 0 Å². The maximum absolute atomic E-state index is 13.0. The number of carbonyl (C=O) groups excluding carboxylic acids is 4. The summed E-state index contributed by atoms with van der Waals surface area (Å²) >= 11 is 0. The van der Waals surface area contributed by atoms with E-state index in [1.54, 1.807) is 55.6 Å². The van der Waals surface area contributed by atoms with E-state index in [1.807, 2.05) is 0 Å². The monoisotopic (exact) mass is 516 g/mol. The van der Waals surface area contributed by atoms with E-state index in [9.17, 15) is 29.3 Å². The summed E-state index contributed by atoms with van der Waals surface area (Å²) in [6.45, 7) is -0.250. The topological polar surface area (TPSA) is 157 Å². The molecule has 0 saturated carbocycles. The first kappa shape index (κ1) is 25.6. The molecule has 4 rings (SSSR count). The molecule has 1 aliphatic rings. The van der Waals surface area contributed by atoms with Crippen LogP contribution in [0.1, 0.15) is 5.56 Å². The van der Waals surface area contributed by atoms with Crippen LogP contribution in [0.4, 0.5) is 21.9 Å². The Hall–Kier alpha value is -5.52. The van der Waals surface area contributed by atoms with Crippen molar-refractivity contribution in [1.29, 1.82) is 0 Å². The van der Waals surface area contributed by atoms with Gasteiger partial charge in [-0.2, -0.15) is 0 Å². The molecule has 1 heterocycles. The summed E-state index contributed by atoms with van der Waals surface area (Å²) in [7, 11) is 1.54. The number of nitro groups is 1. The number of barbiturate groups is 1. The third-order valence-corrected chi connectivity index (χ3v) is 5.36. The van der Waals surface area contributed by atoms with Crippen LogP contribution in [0.15, 0.2) is 78.4 Å². The fraction of sp³-hybridized carbons (Fsp3) is 0.0769. The van der Waals surface area contributed by atoms with Crippen molar-refractivity contribution in [1.82, 2.24) is 5.32 Å². The Bertz CT molecular complexity index is 1430. The average molecular weight is 516 g/mol. The Morgan fingerprint density at radius 1 is 0.974 bits per heavy atom. The van der Waals surface area contributed by atoms with Crippen molar-refractivity contribution in [3.05, 3.63) is 94.0 Å². The number of hydrogen-bond acceptors (Lipinski definition) is 8. The lowest BCUT2D eigenvalue weighted by Crippen LogP contribution is -2.54. The first-order chi connectivity index (χ1) is 18.2. The van der Waals surface area contributed by atoms with Gasteiger partial charge in [-0.3, -0.25) is 29.8 Å². The molecule has 3 aromatic carbocycles. The van der Waals surface area contributed by atoms with Crippen LogP contribution in [0.5, 0.6) is 11.5 Å². The van der Waals surface area contributed by atoms with Gasteiger partial charge in [0.25, 0.3) is 23.4 Å². The fourth-order valence-corrected chi connectivity index (χ4v) is 3.46. The van der Waals surface area contributed by atoms with Crippen molar-refractivity contribution >= 4 is 46.9 Å². The zero-order valence-electron chi connectivity index (χ0n) is 19.9. The Morgan fingerprint density at radius 3 is 2.21 bits per heavy atom. The minimum absolute atomic E-state index is 0.0631. The van der Waals surface area contributed by atoms with Gasteiger partial charge in [-0.25, -0.2) is 9.69 Å². The van der Waals surface area contributed by atoms with Crippen LogP contribution in [0.2, 0.25) is 0 Å². The number of imide groups is 2. The molecule has 38 heavy (non-hydrogen) atoms. The van der Waals surface area contributed by atoms with E-state index in [2.05, 4.69) is 10.6 Å². The molecule has 1 fully saturated rings. The van der Waals surface area contributed by atoms with Gasteiger partial charge < -0.3 is 14.8 Å². The molecule has 1 aliphatic heterocycles. The number of hydrogen-bond donors (Lipinski definition) is 2. The smallest absolute Gasteiger partial charge is 0.335 e. The highest BCUT2D eigenvalue weighted by Gasteiger charge is 2.36. The van der Waals surface area contributed by atoms with Crippen molar-refractivity contribution in [3.63, 3.8) is 0 Å². The Morgan fingerprint density at radius 2 is 1.61 bits per heavy atom. The number of nitro benzene ring substituents is 1. The standard InChI is InChI=1S/C26H20N4O8/c1-37-20-12-4-17(5-13-20)27-23(31)15-38-21-10-2-16(3-11-21)14-22-24(32)28-26(34)29(25(22)33)18-6-8-19(9-7-18)30(35)36/h2-14H,15H2,1H3,(H,27,31)(H,28,32,34)/b22-14-. The second-order valence-corrected chi connectivity index (χ2v) is 7.87. The first-order valence-electron chi connectivity index (χ1n) is 11.1. The van der Waals surface area contributed by atoms with Gasteiger partial charge in [-0.05, 0) is 60.2 Å². The van der Waals surface area contributed by atoms with Gasteiger partial charge in [-0.15, -0.1) is 0 Å². The molecule has 3 aromatic rings. The number of carbonyl (C=O) groups is 4. The number of benzene rings is 3. The number of non-ortho nitro benzene ring substituents is 1. The summed E-state index contributed by atoms with van der Waals surface area (Å²) in [6, 6.07) is 16.8. The molecule has 5 amide bonds. The Labute approximate surface area is 215 Å². The summed E-state index contributed by atoms with van der Waals surface area (Å²) in [5.41, 5.74) is 0.573. The second-order valence-electron chi connectivity index (χ2n) is 7.87. The van der Waals surface area contributed by atoms with Crippen molar-refractivity contribution < 1.29 is 33.6 Å². The zero-order chi connectivity index (χ0) is 27.2. The lowest BCUT2D eigenvalue weighted by Gasteiger charge is -2.26. The van der Waals surface area contributed by atoms with Gasteiger partial charge >= 0.3 is 6.03 Å². The molecule has 0 unspecified atom stereocenters. The van der Waals surface area contributed by atoms with Crippen LogP contribution in [0.3, 0.4) is 0 Å². The van der Waals surface area contributed by atoms with Crippen LogP contribution in [-0.2, 0) is 14.4 Å². The van der Waals surface area contributed by atoms with Crippen LogP contribution < -0.4 is 25.0 Å². The Balaban J connectivity index is 1.41. The van der Waals surface area contributed by atoms with E-state index < -0.39 is 22.8 Å². The molecule has 0 aromatic heterocycles. The summed E-state index contributed by atoms with van der Waals surface area (Å²) in [5.74, 6) is -1.11. The average Bonchev–Trinajstić information content (AvgIpc) is 2.91. The number of methoxy groups -OCH3 is 1. The van der Waals surface area contributed by atoms with Gasteiger partial charge in [0.2, 0.25) is 0 Å². The van der Waals surface area contributed by atoms with E-state index in [0.29, 0.717) is 22.7 Å². The number of rotatable bonds is 8. The number of amides is 5. The lowest BCUT2D eigenvalue weighted by molar-refractivity contribution is -0.384. The van der Waals surface area contributed by atoms with Gasteiger partial charge in [0, 0.05) is 17.8 Å². The van der Waals surface area contributed by atoms with Crippen molar-refractivity contribution in [3.8, 4) is 11.5 Å². The molecule has 2 N–H and O–H groups in total. The summed E-state index contributed by atoms with van der Waals surface area (Å²) < 4.78 is 10.6. The lowest BCUT2D eigenvalue weighted by atomic mass is 10.1. The summed E-state index contributed by atoms with van der Waals surface area (Å²) in [6.07, 6.45) is 1.29. The molecular formula is C26H20N4O8. The van der Waals surface area contributed by atoms with Crippen molar-refractivity contribution in [2.24, 2.45) is 0 Å². The minimum Gasteiger partial charge on any atom is -0.497 e. The summed E-state index contributed by atoms with van der Waals surface area (Å²) in [5, 5.41) is 15.6. The molecule has 0 bridgehead atoms. The van der Waals surface area contributed by atoms with Gasteiger partial charge in [0.15, 0.2) is 6.61 Å². The second kappa shape index (κ2) is 11.0. The van der Waals surface area contributed by atoms with Crippen LogP contribution in [0, 0.1) is 10.1 Å². The van der Waals surface area contributed by atoms with Gasteiger partial charge in [0.1, 0.15) is 17.1 Å². The molecule has 1 saturated heterocycles. The zero-order valence-corrected chi connectivity index (χ0v) is 19.9. The van der Waals surface area contributed by atoms with Crippen LogP contribution >= 0.6 is 0 Å². The molecule has 0 aliphatic carbocycles. The highest BCUT2D eigenvalue weighted by Crippen LogP contribution is 2.25. The molecule has 12 nitrogen and oxygen atoms in total. The highest BCUT2D eigenvalue weighted by molar-refractivity contribution is 6.39. The molecule has 0 spiro atoms. The third-order valence-electron chi connectivity index (χ3n) is 5.36. The van der Waals surface area contributed by atoms with E-state index in [-0.39, 0.29) is 29.5 Å². The number of anilines is 2. The molecule has 0 radical (unpaired) electrons. The molecule has 12 heteroatoms. The van der Waals surface area contributed by atoms with Gasteiger partial charge in [-0.1, -0.05) is 12.1 Å². The largest absolute Gasteiger partial charge is 0.497 e. The number of nitrogens with one attached hydrogen (secondary N) is 2. The van der Waals surface area contributed by atoms with E-state index in [1.165, 1.54) is 18.2 Å². The maximum atomic E-state index is 13.0. The predicted octanol–water partition coefficient (Wildman–Crippen LogP) is 3.29. The predicted molar refractivity (Wildman–Crippen MR) is 136 cm³/mol. The third kappa shape index (κ3) is 5.82. The highest BCUT2D eigenvalue weighted by atomic mass is 16.6. The molecule has 0 atom stereocenters. The molecular weight excluding hydrogens is 496 g/mol. The normalized spacial score (nSPS) is 14.2. The molecule has 192 valence electrons. The quantitative estimate of drug-likeness (QED) is 0.200. The van der Waals surface area contributed by atoms with Crippen LogP contribution in [0.25, 0.3) is 6.08 Å². The fourth-order valence-electron chi connectivity index (χ4n) is 3.46. The SMILES string of the molecule is COc1ccc(NC(=O)COc2ccc(/C=C3/C(=O)NC(=O)N(c4ccc([N+](=O)[O-])cc4)C3=O)cc2)cc1. The maximum Gasteiger partial charge on any atom is 0.335 e. The summed E-state index contributed by atoms with van der Waals surface area (Å²) in [4.78, 5) is 60.7. The number of urea groups is 1. The Kier molecular flexibility index (Phi) is 7.43. The van der Waals surface area contributed by atoms with Crippen molar-refractivity contribution in [2.75, 3.05) is 23.9 Å². The van der Waals surface area contributed by atoms with E-state index in [0.717, 1.165) is 17.0 Å². The number of ether oxygens (including phenoxy) is 2.